The molecule has 0 bridgehead atoms. The van der Waals surface area contributed by atoms with E-state index in [1.165, 1.54) is 0 Å². The molecule has 1 heterocycles. The van der Waals surface area contributed by atoms with Crippen LogP contribution in [0.15, 0.2) is 17.0 Å². The summed E-state index contributed by atoms with van der Waals surface area (Å²) >= 11 is 0. The number of aromatic nitrogens is 2. The van der Waals surface area contributed by atoms with Crippen molar-refractivity contribution in [3.05, 3.63) is 28.1 Å². The van der Waals surface area contributed by atoms with Crippen molar-refractivity contribution < 1.29 is 26.5 Å². The van der Waals surface area contributed by atoms with E-state index in [1.807, 2.05) is 4.98 Å². The third-order valence-electron chi connectivity index (χ3n) is 2.43. The molecule has 0 atom stereocenters. The Hall–Kier alpha value is -2.17. The van der Waals surface area contributed by atoms with Gasteiger partial charge in [0.1, 0.15) is 0 Å². The molecule has 0 radical (unpaired) electrons. The van der Waals surface area contributed by atoms with Gasteiger partial charge in [-0.25, -0.2) is 13.4 Å². The van der Waals surface area contributed by atoms with Gasteiger partial charge in [-0.05, 0) is 6.07 Å². The van der Waals surface area contributed by atoms with Crippen LogP contribution >= 0.6 is 0 Å². The minimum absolute atomic E-state index is 0.369. The van der Waals surface area contributed by atoms with Gasteiger partial charge in [0.15, 0.2) is 15.4 Å². The topological polar surface area (TPSA) is 106 Å². The summed E-state index contributed by atoms with van der Waals surface area (Å²) in [5.41, 5.74) is -1.73. The molecule has 0 aliphatic carbocycles. The van der Waals surface area contributed by atoms with Gasteiger partial charge in [0.2, 0.25) is 5.82 Å². The van der Waals surface area contributed by atoms with E-state index in [-0.39, 0.29) is 5.52 Å². The SMILES string of the molecule is CS(=O)(=O)c1cc([N+](=O)[O-])c2nc(C(F)(F)F)[nH]c2c1. The number of imidazole rings is 1. The molecule has 11 heteroatoms. The third kappa shape index (κ3) is 2.43. The molecule has 7 nitrogen and oxygen atoms in total. The average molecular weight is 309 g/mol. The van der Waals surface area contributed by atoms with E-state index >= 15 is 0 Å². The van der Waals surface area contributed by atoms with Crippen molar-refractivity contribution in [3.8, 4) is 0 Å². The summed E-state index contributed by atoms with van der Waals surface area (Å²) in [4.78, 5) is 14.3. The van der Waals surface area contributed by atoms with Crippen LogP contribution in [0.4, 0.5) is 18.9 Å². The zero-order chi connectivity index (χ0) is 15.3. The number of non-ortho nitro benzene ring substituents is 1. The lowest BCUT2D eigenvalue weighted by atomic mass is 10.3. The quantitative estimate of drug-likeness (QED) is 0.673. The summed E-state index contributed by atoms with van der Waals surface area (Å²) in [6.07, 6.45) is -4.03. The number of nitro groups is 1. The first-order valence-electron chi connectivity index (χ1n) is 4.95. The average Bonchev–Trinajstić information content (AvgIpc) is 2.68. The van der Waals surface area contributed by atoms with E-state index in [0.29, 0.717) is 6.07 Å². The maximum atomic E-state index is 12.5. The molecule has 2 rings (SSSR count). The number of nitro benzene ring substituents is 1. The number of hydrogen-bond donors (Lipinski definition) is 1. The molecule has 1 aromatic carbocycles. The molecule has 1 aromatic heterocycles. The van der Waals surface area contributed by atoms with E-state index in [4.69, 9.17) is 0 Å². The van der Waals surface area contributed by atoms with Crippen molar-refractivity contribution in [1.82, 2.24) is 9.97 Å². The number of hydrogen-bond acceptors (Lipinski definition) is 5. The monoisotopic (exact) mass is 309 g/mol. The highest BCUT2D eigenvalue weighted by atomic mass is 32.2. The van der Waals surface area contributed by atoms with Crippen LogP contribution in [-0.2, 0) is 16.0 Å². The van der Waals surface area contributed by atoms with Gasteiger partial charge in [0.05, 0.1) is 15.3 Å². The van der Waals surface area contributed by atoms with Crippen molar-refractivity contribution in [2.75, 3.05) is 6.26 Å². The molecule has 0 amide bonds. The molecule has 0 saturated carbocycles. The fourth-order valence-corrected chi connectivity index (χ4v) is 2.22. The third-order valence-corrected chi connectivity index (χ3v) is 3.53. The fraction of sp³-hybridized carbons (Fsp3) is 0.222. The molecule has 0 aliphatic rings. The molecular weight excluding hydrogens is 303 g/mol. The second-order valence-electron chi connectivity index (χ2n) is 3.95. The number of halogens is 3. The molecule has 20 heavy (non-hydrogen) atoms. The minimum atomic E-state index is -4.82. The van der Waals surface area contributed by atoms with Crippen LogP contribution in [0.3, 0.4) is 0 Å². The van der Waals surface area contributed by atoms with E-state index in [1.54, 1.807) is 0 Å². The standard InChI is InChI=1S/C9H6F3N3O4S/c1-20(18,19)4-2-5-7(6(3-4)15(16)17)14-8(13-5)9(10,11)12/h2-3H,1H3,(H,13,14). The lowest BCUT2D eigenvalue weighted by Crippen LogP contribution is -2.06. The van der Waals surface area contributed by atoms with Gasteiger partial charge in [-0.15, -0.1) is 0 Å². The number of nitrogens with zero attached hydrogens (tertiary/aromatic N) is 2. The largest absolute Gasteiger partial charge is 0.449 e. The van der Waals surface area contributed by atoms with E-state index in [0.717, 1.165) is 12.3 Å². The molecule has 0 unspecified atom stereocenters. The first-order valence-corrected chi connectivity index (χ1v) is 6.84. The second-order valence-corrected chi connectivity index (χ2v) is 5.97. The van der Waals surface area contributed by atoms with Gasteiger partial charge in [0.25, 0.3) is 5.69 Å². The zero-order valence-corrected chi connectivity index (χ0v) is 10.5. The van der Waals surface area contributed by atoms with Gasteiger partial charge < -0.3 is 4.98 Å². The number of aromatic amines is 1. The van der Waals surface area contributed by atoms with Crippen LogP contribution in [0.2, 0.25) is 0 Å². The summed E-state index contributed by atoms with van der Waals surface area (Å²) < 4.78 is 60.3. The van der Waals surface area contributed by atoms with Crippen LogP contribution in [0.5, 0.6) is 0 Å². The molecular formula is C9H6F3N3O4S. The van der Waals surface area contributed by atoms with Gasteiger partial charge in [-0.3, -0.25) is 10.1 Å². The van der Waals surface area contributed by atoms with E-state index in [9.17, 15) is 31.7 Å². The van der Waals surface area contributed by atoms with Gasteiger partial charge in [-0.2, -0.15) is 13.2 Å². The van der Waals surface area contributed by atoms with Gasteiger partial charge in [0, 0.05) is 12.3 Å². The maximum absolute atomic E-state index is 12.5. The smallest absolute Gasteiger partial charge is 0.334 e. The van der Waals surface area contributed by atoms with E-state index in [2.05, 4.69) is 4.98 Å². The highest BCUT2D eigenvalue weighted by molar-refractivity contribution is 7.90. The van der Waals surface area contributed by atoms with Gasteiger partial charge in [-0.1, -0.05) is 0 Å². The molecule has 108 valence electrons. The Kier molecular flexibility index (Phi) is 2.96. The lowest BCUT2D eigenvalue weighted by Gasteiger charge is -1.99. The molecule has 0 aliphatic heterocycles. The summed E-state index contributed by atoms with van der Waals surface area (Å²) in [6.45, 7) is 0. The van der Waals surface area contributed by atoms with Crippen LogP contribution < -0.4 is 0 Å². The molecule has 2 aromatic rings. The van der Waals surface area contributed by atoms with Crippen LogP contribution in [0, 0.1) is 10.1 Å². The maximum Gasteiger partial charge on any atom is 0.449 e. The number of nitrogens with one attached hydrogen (secondary N) is 1. The summed E-state index contributed by atoms with van der Waals surface area (Å²) in [6, 6.07) is 1.55. The van der Waals surface area contributed by atoms with E-state index < -0.39 is 42.9 Å². The number of H-pyrrole nitrogens is 1. The Balaban J connectivity index is 2.85. The van der Waals surface area contributed by atoms with Gasteiger partial charge >= 0.3 is 6.18 Å². The fourth-order valence-electron chi connectivity index (χ4n) is 1.56. The molecule has 0 fully saturated rings. The van der Waals surface area contributed by atoms with Crippen molar-refractivity contribution in [2.24, 2.45) is 0 Å². The Morgan fingerprint density at radius 1 is 1.35 bits per heavy atom. The summed E-state index contributed by atoms with van der Waals surface area (Å²) in [5, 5.41) is 10.8. The van der Waals surface area contributed by atoms with Crippen LogP contribution in [0.25, 0.3) is 11.0 Å². The highest BCUT2D eigenvalue weighted by Gasteiger charge is 2.36. The molecule has 0 saturated heterocycles. The van der Waals surface area contributed by atoms with Crippen LogP contribution in [0.1, 0.15) is 5.82 Å². The summed E-state index contributed by atoms with van der Waals surface area (Å²) in [5.74, 6) is -1.43. The lowest BCUT2D eigenvalue weighted by molar-refractivity contribution is -0.383. The Labute approximate surface area is 109 Å². The number of sulfone groups is 1. The predicted molar refractivity (Wildman–Crippen MR) is 60.9 cm³/mol. The van der Waals surface area contributed by atoms with Crippen molar-refractivity contribution in [2.45, 2.75) is 11.1 Å². The highest BCUT2D eigenvalue weighted by Crippen LogP contribution is 2.33. The first kappa shape index (κ1) is 14.2. The first-order chi connectivity index (χ1) is 9.00. The Morgan fingerprint density at radius 2 is 1.95 bits per heavy atom. The summed E-state index contributed by atoms with van der Waals surface area (Å²) in [7, 11) is -3.81. The van der Waals surface area contributed by atoms with Crippen molar-refractivity contribution in [3.63, 3.8) is 0 Å². The Morgan fingerprint density at radius 3 is 2.40 bits per heavy atom. The number of rotatable bonds is 2. The molecule has 0 spiro atoms. The van der Waals surface area contributed by atoms with Crippen molar-refractivity contribution in [1.29, 1.82) is 0 Å². The van der Waals surface area contributed by atoms with Crippen molar-refractivity contribution >= 4 is 26.6 Å². The Bertz CT molecular complexity index is 810. The normalized spacial score (nSPS) is 12.8. The molecule has 1 N–H and O–H groups in total. The van der Waals surface area contributed by atoms with Crippen LogP contribution in [-0.4, -0.2) is 29.6 Å². The predicted octanol–water partition coefficient (Wildman–Crippen LogP) is 1.89. The number of alkyl halides is 3. The zero-order valence-electron chi connectivity index (χ0n) is 9.72. The number of fused-ring (bicyclic) bond motifs is 1. The second kappa shape index (κ2) is 4.16. The number of benzene rings is 1. The minimum Gasteiger partial charge on any atom is -0.334 e.